The van der Waals surface area contributed by atoms with Crippen LogP contribution in [-0.2, 0) is 11.4 Å². The molecule has 2 heteroatoms. The Labute approximate surface area is 71.8 Å². The first kappa shape index (κ1) is 8.94. The van der Waals surface area contributed by atoms with Crippen LogP contribution in [0.2, 0.25) is 0 Å². The third-order valence-electron chi connectivity index (χ3n) is 1.86. The van der Waals surface area contributed by atoms with Crippen molar-refractivity contribution >= 4 is 6.29 Å². The molecule has 0 aliphatic heterocycles. The van der Waals surface area contributed by atoms with Crippen molar-refractivity contribution in [1.29, 1.82) is 0 Å². The second kappa shape index (κ2) is 4.02. The Hall–Kier alpha value is -1.15. The molecular weight excluding hydrogens is 152 g/mol. The fraction of sp³-hybridized carbons (Fsp3) is 0.300. The first-order valence-electron chi connectivity index (χ1n) is 3.93. The predicted octanol–water partition coefficient (Wildman–Crippen LogP) is 1.48. The molecule has 1 N–H and O–H groups in total. The topological polar surface area (TPSA) is 37.3 Å². The second-order valence-electron chi connectivity index (χ2n) is 2.83. The zero-order valence-corrected chi connectivity index (χ0v) is 7.03. The molecule has 0 saturated carbocycles. The molecule has 0 aliphatic rings. The van der Waals surface area contributed by atoms with Crippen LogP contribution in [0.3, 0.4) is 0 Å². The SMILES string of the molecule is CC(C=O)c1cccc(CO)c1. The summed E-state index contributed by atoms with van der Waals surface area (Å²) in [7, 11) is 0. The monoisotopic (exact) mass is 164 g/mol. The molecule has 2 nitrogen and oxygen atoms in total. The smallest absolute Gasteiger partial charge is 0.127 e. The van der Waals surface area contributed by atoms with Gasteiger partial charge in [0.25, 0.3) is 0 Å². The van der Waals surface area contributed by atoms with Crippen molar-refractivity contribution in [3.63, 3.8) is 0 Å². The normalized spacial score (nSPS) is 12.5. The van der Waals surface area contributed by atoms with Crippen LogP contribution in [0.5, 0.6) is 0 Å². The zero-order valence-electron chi connectivity index (χ0n) is 7.03. The molecule has 0 aliphatic carbocycles. The Morgan fingerprint density at radius 3 is 2.92 bits per heavy atom. The van der Waals surface area contributed by atoms with Crippen LogP contribution in [0.1, 0.15) is 24.0 Å². The van der Waals surface area contributed by atoms with E-state index in [1.807, 2.05) is 31.2 Å². The highest BCUT2D eigenvalue weighted by Crippen LogP contribution is 2.14. The van der Waals surface area contributed by atoms with Crippen molar-refractivity contribution in [2.45, 2.75) is 19.4 Å². The van der Waals surface area contributed by atoms with Gasteiger partial charge in [0.1, 0.15) is 6.29 Å². The highest BCUT2D eigenvalue weighted by atomic mass is 16.3. The number of aliphatic hydroxyl groups is 1. The minimum absolute atomic E-state index is 0.0272. The Morgan fingerprint density at radius 1 is 1.58 bits per heavy atom. The van der Waals surface area contributed by atoms with E-state index in [0.717, 1.165) is 17.4 Å². The summed E-state index contributed by atoms with van der Waals surface area (Å²) in [5.41, 5.74) is 1.80. The largest absolute Gasteiger partial charge is 0.392 e. The van der Waals surface area contributed by atoms with Gasteiger partial charge in [-0.3, -0.25) is 0 Å². The molecule has 1 aromatic carbocycles. The lowest BCUT2D eigenvalue weighted by Gasteiger charge is -2.04. The van der Waals surface area contributed by atoms with Gasteiger partial charge in [-0.1, -0.05) is 31.2 Å². The summed E-state index contributed by atoms with van der Waals surface area (Å²) >= 11 is 0. The van der Waals surface area contributed by atoms with E-state index in [1.54, 1.807) is 0 Å². The molecule has 0 saturated heterocycles. The van der Waals surface area contributed by atoms with Crippen LogP contribution < -0.4 is 0 Å². The molecule has 0 radical (unpaired) electrons. The lowest BCUT2D eigenvalue weighted by molar-refractivity contribution is -0.108. The van der Waals surface area contributed by atoms with Crippen molar-refractivity contribution in [2.24, 2.45) is 0 Å². The number of carbonyl (C=O) groups excluding carboxylic acids is 1. The Balaban J connectivity index is 2.93. The van der Waals surface area contributed by atoms with Gasteiger partial charge in [0.2, 0.25) is 0 Å². The summed E-state index contributed by atoms with van der Waals surface area (Å²) in [5.74, 6) is -0.0866. The molecule has 0 bridgehead atoms. The molecule has 1 aromatic rings. The quantitative estimate of drug-likeness (QED) is 0.687. The van der Waals surface area contributed by atoms with Crippen molar-refractivity contribution in [2.75, 3.05) is 0 Å². The van der Waals surface area contributed by atoms with E-state index in [0.29, 0.717) is 0 Å². The van der Waals surface area contributed by atoms with Crippen LogP contribution in [-0.4, -0.2) is 11.4 Å². The summed E-state index contributed by atoms with van der Waals surface area (Å²) in [6, 6.07) is 7.42. The van der Waals surface area contributed by atoms with Gasteiger partial charge >= 0.3 is 0 Å². The van der Waals surface area contributed by atoms with Gasteiger partial charge in [0.05, 0.1) is 6.61 Å². The van der Waals surface area contributed by atoms with Gasteiger partial charge in [-0.2, -0.15) is 0 Å². The molecule has 64 valence electrons. The summed E-state index contributed by atoms with van der Waals surface area (Å²) in [6.07, 6.45) is 0.899. The van der Waals surface area contributed by atoms with Crippen molar-refractivity contribution in [3.8, 4) is 0 Å². The minimum atomic E-state index is -0.0866. The lowest BCUT2D eigenvalue weighted by atomic mass is 10.0. The van der Waals surface area contributed by atoms with Crippen LogP contribution >= 0.6 is 0 Å². The number of aliphatic hydroxyl groups excluding tert-OH is 1. The van der Waals surface area contributed by atoms with Gasteiger partial charge in [0, 0.05) is 5.92 Å². The van der Waals surface area contributed by atoms with Crippen LogP contribution in [0.4, 0.5) is 0 Å². The number of aldehydes is 1. The molecule has 0 amide bonds. The molecule has 0 heterocycles. The predicted molar refractivity (Wildman–Crippen MR) is 46.8 cm³/mol. The van der Waals surface area contributed by atoms with E-state index < -0.39 is 0 Å². The number of hydrogen-bond donors (Lipinski definition) is 1. The number of carbonyl (C=O) groups is 1. The number of hydrogen-bond acceptors (Lipinski definition) is 2. The Bertz CT molecular complexity index is 268. The molecule has 1 rings (SSSR count). The average Bonchev–Trinajstić information content (AvgIpc) is 2.17. The van der Waals surface area contributed by atoms with E-state index in [9.17, 15) is 4.79 Å². The molecular formula is C10H12O2. The summed E-state index contributed by atoms with van der Waals surface area (Å²) in [4.78, 5) is 10.4. The molecule has 0 aromatic heterocycles. The zero-order chi connectivity index (χ0) is 8.97. The highest BCUT2D eigenvalue weighted by molar-refractivity contribution is 5.61. The third-order valence-corrected chi connectivity index (χ3v) is 1.86. The Morgan fingerprint density at radius 2 is 2.33 bits per heavy atom. The van der Waals surface area contributed by atoms with E-state index in [1.165, 1.54) is 0 Å². The van der Waals surface area contributed by atoms with E-state index >= 15 is 0 Å². The van der Waals surface area contributed by atoms with E-state index in [2.05, 4.69) is 0 Å². The molecule has 0 fully saturated rings. The van der Waals surface area contributed by atoms with Crippen LogP contribution in [0.25, 0.3) is 0 Å². The average molecular weight is 164 g/mol. The van der Waals surface area contributed by atoms with Gasteiger partial charge in [0.15, 0.2) is 0 Å². The summed E-state index contributed by atoms with van der Waals surface area (Å²) < 4.78 is 0. The standard InChI is InChI=1S/C10H12O2/c1-8(6-11)10-4-2-3-9(5-10)7-12/h2-6,8,12H,7H2,1H3. The van der Waals surface area contributed by atoms with E-state index in [4.69, 9.17) is 5.11 Å². The third kappa shape index (κ3) is 1.92. The number of benzene rings is 1. The van der Waals surface area contributed by atoms with Gasteiger partial charge in [-0.05, 0) is 11.1 Å². The molecule has 1 unspecified atom stereocenters. The van der Waals surface area contributed by atoms with Crippen molar-refractivity contribution in [1.82, 2.24) is 0 Å². The minimum Gasteiger partial charge on any atom is -0.392 e. The van der Waals surface area contributed by atoms with Crippen LogP contribution in [0.15, 0.2) is 24.3 Å². The lowest BCUT2D eigenvalue weighted by Crippen LogP contribution is -1.95. The maximum Gasteiger partial charge on any atom is 0.127 e. The summed E-state index contributed by atoms with van der Waals surface area (Å²) in [6.45, 7) is 1.86. The second-order valence-corrected chi connectivity index (χ2v) is 2.83. The molecule has 0 spiro atoms. The molecule has 1 atom stereocenters. The highest BCUT2D eigenvalue weighted by Gasteiger charge is 2.02. The first-order valence-corrected chi connectivity index (χ1v) is 3.93. The first-order chi connectivity index (χ1) is 5.77. The fourth-order valence-electron chi connectivity index (χ4n) is 1.05. The van der Waals surface area contributed by atoms with Gasteiger partial charge in [-0.15, -0.1) is 0 Å². The van der Waals surface area contributed by atoms with Crippen molar-refractivity contribution < 1.29 is 9.90 Å². The van der Waals surface area contributed by atoms with E-state index in [-0.39, 0.29) is 12.5 Å². The van der Waals surface area contributed by atoms with Crippen molar-refractivity contribution in [3.05, 3.63) is 35.4 Å². The van der Waals surface area contributed by atoms with Gasteiger partial charge < -0.3 is 9.90 Å². The fourth-order valence-corrected chi connectivity index (χ4v) is 1.05. The number of rotatable bonds is 3. The summed E-state index contributed by atoms with van der Waals surface area (Å²) in [5, 5.41) is 8.83. The maximum absolute atomic E-state index is 10.4. The van der Waals surface area contributed by atoms with Gasteiger partial charge in [-0.25, -0.2) is 0 Å². The maximum atomic E-state index is 10.4. The molecule has 12 heavy (non-hydrogen) atoms. The van der Waals surface area contributed by atoms with Crippen LogP contribution in [0, 0.1) is 0 Å². The Kier molecular flexibility index (Phi) is 3.00.